The standard InChI is InChI=1S/C21H20F3N3O4/c1-19(2,3)15-8-4-14(5-9-15)18(28)26-20(29,21(22,23)24)12-17(25-26)13-6-10-16(11-7-13)27(30)31/h4-12,25,29H,1-3H3/t20-/m1/s1. The van der Waals surface area contributed by atoms with Gasteiger partial charge in [0.25, 0.3) is 17.3 Å². The first-order valence-electron chi connectivity index (χ1n) is 9.22. The summed E-state index contributed by atoms with van der Waals surface area (Å²) < 4.78 is 41.2. The van der Waals surface area contributed by atoms with Crippen molar-refractivity contribution in [1.82, 2.24) is 10.4 Å². The molecule has 1 heterocycles. The second-order valence-corrected chi connectivity index (χ2v) is 8.17. The van der Waals surface area contributed by atoms with Gasteiger partial charge >= 0.3 is 6.18 Å². The van der Waals surface area contributed by atoms with Crippen LogP contribution in [0.1, 0.15) is 42.3 Å². The second kappa shape index (κ2) is 7.38. The largest absolute Gasteiger partial charge is 0.442 e. The van der Waals surface area contributed by atoms with Crippen LogP contribution in [0.5, 0.6) is 0 Å². The highest BCUT2D eigenvalue weighted by Crippen LogP contribution is 2.40. The van der Waals surface area contributed by atoms with Crippen molar-refractivity contribution in [2.45, 2.75) is 38.1 Å². The van der Waals surface area contributed by atoms with Crippen molar-refractivity contribution in [2.75, 3.05) is 0 Å². The fourth-order valence-electron chi connectivity index (χ4n) is 3.07. The number of alkyl halides is 3. The molecule has 1 amide bonds. The number of nitro benzene ring substituents is 1. The highest BCUT2D eigenvalue weighted by atomic mass is 19.4. The maximum absolute atomic E-state index is 13.7. The molecule has 7 nitrogen and oxygen atoms in total. The summed E-state index contributed by atoms with van der Waals surface area (Å²) in [6.45, 7) is 5.86. The molecule has 0 unspecified atom stereocenters. The quantitative estimate of drug-likeness (QED) is 0.558. The highest BCUT2D eigenvalue weighted by molar-refractivity contribution is 5.96. The van der Waals surface area contributed by atoms with Crippen molar-refractivity contribution in [2.24, 2.45) is 0 Å². The molecule has 2 aromatic rings. The Morgan fingerprint density at radius 3 is 2.06 bits per heavy atom. The van der Waals surface area contributed by atoms with Crippen LogP contribution in [0.4, 0.5) is 18.9 Å². The molecular weight excluding hydrogens is 415 g/mol. The summed E-state index contributed by atoms with van der Waals surface area (Å²) in [5, 5.41) is 21.3. The number of benzene rings is 2. The van der Waals surface area contributed by atoms with Gasteiger partial charge in [-0.05, 0) is 40.8 Å². The summed E-state index contributed by atoms with van der Waals surface area (Å²) in [6, 6.07) is 10.7. The Balaban J connectivity index is 1.96. The number of nitro groups is 1. The lowest BCUT2D eigenvalue weighted by Crippen LogP contribution is -2.60. The zero-order chi connectivity index (χ0) is 23.2. The number of carbonyl (C=O) groups is 1. The predicted molar refractivity (Wildman–Crippen MR) is 107 cm³/mol. The lowest BCUT2D eigenvalue weighted by Gasteiger charge is -2.33. The molecule has 164 valence electrons. The topological polar surface area (TPSA) is 95.7 Å². The van der Waals surface area contributed by atoms with E-state index in [-0.39, 0.29) is 32.9 Å². The van der Waals surface area contributed by atoms with Crippen molar-refractivity contribution in [3.63, 3.8) is 0 Å². The first-order chi connectivity index (χ1) is 14.2. The fraction of sp³-hybridized carbons (Fsp3) is 0.286. The molecule has 0 aliphatic carbocycles. The van der Waals surface area contributed by atoms with Gasteiger partial charge in [-0.25, -0.2) is 5.01 Å². The summed E-state index contributed by atoms with van der Waals surface area (Å²) in [7, 11) is 0. The van der Waals surface area contributed by atoms with E-state index in [1.54, 1.807) is 12.1 Å². The van der Waals surface area contributed by atoms with Gasteiger partial charge in [0.15, 0.2) is 0 Å². The smallest absolute Gasteiger partial charge is 0.359 e. The Bertz CT molecular complexity index is 1040. The van der Waals surface area contributed by atoms with Gasteiger partial charge in [0, 0.05) is 23.8 Å². The molecule has 0 aromatic heterocycles. The molecule has 1 atom stereocenters. The van der Waals surface area contributed by atoms with Crippen LogP contribution in [0.3, 0.4) is 0 Å². The predicted octanol–water partition coefficient (Wildman–Crippen LogP) is 4.14. The van der Waals surface area contributed by atoms with Crippen LogP contribution in [-0.4, -0.2) is 32.8 Å². The number of aliphatic hydroxyl groups is 1. The first-order valence-corrected chi connectivity index (χ1v) is 9.22. The third kappa shape index (κ3) is 4.11. The molecule has 1 aliphatic rings. The summed E-state index contributed by atoms with van der Waals surface area (Å²) in [4.78, 5) is 23.0. The Labute approximate surface area is 175 Å². The van der Waals surface area contributed by atoms with Gasteiger partial charge in [-0.2, -0.15) is 13.2 Å². The Morgan fingerprint density at radius 1 is 1.06 bits per heavy atom. The maximum Gasteiger partial charge on any atom is 0.442 e. The van der Waals surface area contributed by atoms with Gasteiger partial charge in [0.2, 0.25) is 0 Å². The number of rotatable bonds is 3. The van der Waals surface area contributed by atoms with Gasteiger partial charge in [-0.1, -0.05) is 32.9 Å². The maximum atomic E-state index is 13.7. The zero-order valence-electron chi connectivity index (χ0n) is 16.9. The summed E-state index contributed by atoms with van der Waals surface area (Å²) in [5.41, 5.74) is -1.03. The number of carbonyl (C=O) groups excluding carboxylic acids is 1. The van der Waals surface area contributed by atoms with Crippen molar-refractivity contribution in [3.05, 3.63) is 81.4 Å². The minimum atomic E-state index is -5.20. The molecule has 0 saturated carbocycles. The number of non-ortho nitro benzene ring substituents is 1. The van der Waals surface area contributed by atoms with Gasteiger partial charge in [0.05, 0.1) is 10.6 Å². The summed E-state index contributed by atoms with van der Waals surface area (Å²) in [5.74, 6) is -1.09. The lowest BCUT2D eigenvalue weighted by atomic mass is 9.86. The van der Waals surface area contributed by atoms with Crippen LogP contribution in [0.2, 0.25) is 0 Å². The van der Waals surface area contributed by atoms with E-state index >= 15 is 0 Å². The number of hydrazine groups is 1. The van der Waals surface area contributed by atoms with E-state index < -0.39 is 22.7 Å². The first kappa shape index (κ1) is 22.3. The van der Waals surface area contributed by atoms with Gasteiger partial charge < -0.3 is 5.11 Å². The normalized spacial score (nSPS) is 19.1. The van der Waals surface area contributed by atoms with Crippen molar-refractivity contribution < 1.29 is 28.0 Å². The van der Waals surface area contributed by atoms with Crippen molar-refractivity contribution >= 4 is 17.3 Å². The lowest BCUT2D eigenvalue weighted by molar-refractivity contribution is -0.384. The third-order valence-corrected chi connectivity index (χ3v) is 4.93. The van der Waals surface area contributed by atoms with E-state index in [0.717, 1.165) is 17.7 Å². The molecule has 0 bridgehead atoms. The van der Waals surface area contributed by atoms with Crippen LogP contribution in [0.25, 0.3) is 5.70 Å². The van der Waals surface area contributed by atoms with Crippen molar-refractivity contribution in [1.29, 1.82) is 0 Å². The Hall–Kier alpha value is -3.40. The molecule has 0 spiro atoms. The van der Waals surface area contributed by atoms with Crippen LogP contribution in [-0.2, 0) is 5.41 Å². The molecule has 10 heteroatoms. The summed E-state index contributed by atoms with van der Waals surface area (Å²) >= 11 is 0. The van der Waals surface area contributed by atoms with Crippen LogP contribution >= 0.6 is 0 Å². The van der Waals surface area contributed by atoms with Gasteiger partial charge in [-0.3, -0.25) is 20.3 Å². The molecule has 2 aromatic carbocycles. The monoisotopic (exact) mass is 435 g/mol. The average molecular weight is 435 g/mol. The molecule has 2 N–H and O–H groups in total. The number of hydrogen-bond donors (Lipinski definition) is 2. The zero-order valence-corrected chi connectivity index (χ0v) is 16.9. The molecule has 31 heavy (non-hydrogen) atoms. The third-order valence-electron chi connectivity index (χ3n) is 4.93. The molecule has 0 saturated heterocycles. The number of nitrogens with zero attached hydrogens (tertiary/aromatic N) is 2. The molecular formula is C21H20F3N3O4. The average Bonchev–Trinajstić information content (AvgIpc) is 3.06. The minimum Gasteiger partial charge on any atom is -0.359 e. The SMILES string of the molecule is CC(C)(C)c1ccc(C(=O)N2NC(c3ccc([N+](=O)[O-])cc3)=C[C@@]2(O)C(F)(F)F)cc1. The molecule has 1 aliphatic heterocycles. The van der Waals surface area contributed by atoms with Crippen LogP contribution in [0, 0.1) is 10.1 Å². The number of amides is 1. The number of nitrogens with one attached hydrogen (secondary N) is 1. The number of hydrogen-bond acceptors (Lipinski definition) is 5. The Kier molecular flexibility index (Phi) is 5.31. The fourth-order valence-corrected chi connectivity index (χ4v) is 3.07. The number of halogens is 3. The van der Waals surface area contributed by atoms with Gasteiger partial charge in [-0.15, -0.1) is 0 Å². The van der Waals surface area contributed by atoms with Gasteiger partial charge in [0.1, 0.15) is 0 Å². The Morgan fingerprint density at radius 2 is 1.61 bits per heavy atom. The van der Waals surface area contributed by atoms with E-state index in [2.05, 4.69) is 5.43 Å². The van der Waals surface area contributed by atoms with Crippen LogP contribution in [0.15, 0.2) is 54.6 Å². The molecule has 3 rings (SSSR count). The van der Waals surface area contributed by atoms with Crippen molar-refractivity contribution in [3.8, 4) is 0 Å². The summed E-state index contributed by atoms with van der Waals surface area (Å²) in [6.07, 6.45) is -4.74. The van der Waals surface area contributed by atoms with Crippen LogP contribution < -0.4 is 5.43 Å². The van der Waals surface area contributed by atoms with E-state index in [0.29, 0.717) is 6.08 Å². The van der Waals surface area contributed by atoms with E-state index in [1.165, 1.54) is 24.3 Å². The second-order valence-electron chi connectivity index (χ2n) is 8.17. The van der Waals surface area contributed by atoms with E-state index in [1.807, 2.05) is 20.8 Å². The minimum absolute atomic E-state index is 0.0541. The van der Waals surface area contributed by atoms with E-state index in [4.69, 9.17) is 0 Å². The van der Waals surface area contributed by atoms with E-state index in [9.17, 15) is 33.2 Å². The molecule has 0 fully saturated rings. The molecule has 0 radical (unpaired) electrons. The highest BCUT2D eigenvalue weighted by Gasteiger charge is 2.61.